The van der Waals surface area contributed by atoms with Crippen molar-refractivity contribution in [3.63, 3.8) is 0 Å². The van der Waals surface area contributed by atoms with Crippen molar-refractivity contribution in [3.05, 3.63) is 65.1 Å². The van der Waals surface area contributed by atoms with Gasteiger partial charge in [-0.1, -0.05) is 22.8 Å². The topological polar surface area (TPSA) is 115 Å². The molecule has 0 spiro atoms. The predicted octanol–water partition coefficient (Wildman–Crippen LogP) is 2.75. The quantitative estimate of drug-likeness (QED) is 0.514. The third kappa shape index (κ3) is 4.52. The van der Waals surface area contributed by atoms with Gasteiger partial charge in [0.2, 0.25) is 5.82 Å². The second-order valence-corrected chi connectivity index (χ2v) is 5.06. The fourth-order valence-corrected chi connectivity index (χ4v) is 1.95. The lowest BCUT2D eigenvalue weighted by molar-refractivity contribution is 0.102. The zero-order valence-corrected chi connectivity index (χ0v) is 13.3. The molecule has 1 aromatic carbocycles. The molecule has 0 aliphatic rings. The molecule has 0 saturated heterocycles. The lowest BCUT2D eigenvalue weighted by Gasteiger charge is -2.02. The van der Waals surface area contributed by atoms with Gasteiger partial charge >= 0.3 is 0 Å². The summed E-state index contributed by atoms with van der Waals surface area (Å²) >= 11 is 5.85. The minimum absolute atomic E-state index is 0.108. The molecule has 0 aliphatic carbocycles. The van der Waals surface area contributed by atoms with Crippen LogP contribution in [0.25, 0.3) is 0 Å². The Morgan fingerprint density at radius 2 is 2.08 bits per heavy atom. The van der Waals surface area contributed by atoms with E-state index in [0.29, 0.717) is 16.3 Å². The molecule has 0 bridgehead atoms. The molecule has 0 aliphatic heterocycles. The molecular weight excluding hydrogens is 348 g/mol. The van der Waals surface area contributed by atoms with E-state index in [1.165, 1.54) is 18.6 Å². The number of nitrogens with one attached hydrogen (secondary N) is 2. The maximum Gasteiger partial charge on any atom is 0.257 e. The Labute approximate surface area is 146 Å². The van der Waals surface area contributed by atoms with Gasteiger partial charge in [-0.3, -0.25) is 14.7 Å². The van der Waals surface area contributed by atoms with Crippen LogP contribution in [0.4, 0.5) is 11.5 Å². The van der Waals surface area contributed by atoms with Crippen LogP contribution in [0, 0.1) is 0 Å². The standard InChI is InChI=1S/C15H11ClN6O3/c16-11-2-1-3-12(8-11)20-24-18-9-13-14(22-25-21-13)19-15(23)10-4-6-17-7-5-10/h1-9,20H,(H,19,22,23)/b18-9+. The van der Waals surface area contributed by atoms with E-state index in [4.69, 9.17) is 16.5 Å². The summed E-state index contributed by atoms with van der Waals surface area (Å²) in [7, 11) is 0. The molecule has 0 unspecified atom stereocenters. The lowest BCUT2D eigenvalue weighted by Crippen LogP contribution is -2.13. The van der Waals surface area contributed by atoms with E-state index in [-0.39, 0.29) is 17.4 Å². The SMILES string of the molecule is O=C(Nc1nonc1/C=N/ONc1cccc(Cl)c1)c1ccncc1. The molecule has 2 N–H and O–H groups in total. The Bertz CT molecular complexity index is 884. The number of carbonyl (C=O) groups excluding carboxylic acids is 1. The number of anilines is 2. The molecule has 126 valence electrons. The first-order valence-electron chi connectivity index (χ1n) is 6.97. The number of aromatic nitrogens is 3. The van der Waals surface area contributed by atoms with Gasteiger partial charge in [-0.05, 0) is 40.6 Å². The van der Waals surface area contributed by atoms with E-state index in [0.717, 1.165) is 0 Å². The zero-order valence-electron chi connectivity index (χ0n) is 12.6. The molecule has 0 fully saturated rings. The van der Waals surface area contributed by atoms with Crippen LogP contribution in [0.1, 0.15) is 16.1 Å². The molecule has 0 saturated carbocycles. The first-order valence-corrected chi connectivity index (χ1v) is 7.35. The first kappa shape index (κ1) is 16.4. The highest BCUT2D eigenvalue weighted by Crippen LogP contribution is 2.15. The van der Waals surface area contributed by atoms with Crippen LogP contribution in [0.3, 0.4) is 0 Å². The highest BCUT2D eigenvalue weighted by molar-refractivity contribution is 6.30. The number of carbonyl (C=O) groups is 1. The van der Waals surface area contributed by atoms with Crippen molar-refractivity contribution < 1.29 is 14.4 Å². The summed E-state index contributed by atoms with van der Waals surface area (Å²) in [6, 6.07) is 10.0. The monoisotopic (exact) mass is 358 g/mol. The number of oxime groups is 1. The Morgan fingerprint density at radius 3 is 2.88 bits per heavy atom. The summed E-state index contributed by atoms with van der Waals surface area (Å²) in [5.74, 6) is -0.275. The second-order valence-electron chi connectivity index (χ2n) is 4.63. The van der Waals surface area contributed by atoms with Gasteiger partial charge in [-0.15, -0.1) is 0 Å². The molecular formula is C15H11ClN6O3. The fraction of sp³-hybridized carbons (Fsp3) is 0. The number of hydrogen-bond acceptors (Lipinski definition) is 8. The van der Waals surface area contributed by atoms with Gasteiger partial charge in [0.1, 0.15) is 6.21 Å². The fourth-order valence-electron chi connectivity index (χ4n) is 1.76. The summed E-state index contributed by atoms with van der Waals surface area (Å²) in [5.41, 5.74) is 3.80. The summed E-state index contributed by atoms with van der Waals surface area (Å²) in [4.78, 5) is 20.8. The minimum Gasteiger partial charge on any atom is -0.302 e. The maximum atomic E-state index is 12.1. The molecule has 0 radical (unpaired) electrons. The van der Waals surface area contributed by atoms with Gasteiger partial charge in [0.05, 0.1) is 5.69 Å². The van der Waals surface area contributed by atoms with Gasteiger partial charge in [0.25, 0.3) is 5.91 Å². The maximum absolute atomic E-state index is 12.1. The normalized spacial score (nSPS) is 10.6. The molecule has 1 amide bonds. The molecule has 9 nitrogen and oxygen atoms in total. The van der Waals surface area contributed by atoms with Crippen LogP contribution in [0.2, 0.25) is 5.02 Å². The van der Waals surface area contributed by atoms with Gasteiger partial charge in [-0.25, -0.2) is 4.63 Å². The van der Waals surface area contributed by atoms with Crippen molar-refractivity contribution in [3.8, 4) is 0 Å². The van der Waals surface area contributed by atoms with Crippen molar-refractivity contribution in [1.29, 1.82) is 0 Å². The van der Waals surface area contributed by atoms with E-state index in [9.17, 15) is 4.79 Å². The average molecular weight is 359 g/mol. The molecule has 10 heteroatoms. The Morgan fingerprint density at radius 1 is 1.24 bits per heavy atom. The van der Waals surface area contributed by atoms with E-state index < -0.39 is 0 Å². The number of nitrogens with zero attached hydrogens (tertiary/aromatic N) is 4. The smallest absolute Gasteiger partial charge is 0.257 e. The van der Waals surface area contributed by atoms with Gasteiger partial charge in [-0.2, -0.15) is 5.48 Å². The number of pyridine rings is 1. The van der Waals surface area contributed by atoms with Crippen molar-refractivity contribution in [1.82, 2.24) is 15.3 Å². The van der Waals surface area contributed by atoms with E-state index in [1.54, 1.807) is 36.4 Å². The molecule has 25 heavy (non-hydrogen) atoms. The van der Waals surface area contributed by atoms with Crippen LogP contribution in [-0.4, -0.2) is 27.4 Å². The van der Waals surface area contributed by atoms with Crippen LogP contribution in [0.15, 0.2) is 58.6 Å². The number of benzene rings is 1. The average Bonchev–Trinajstić information content (AvgIpc) is 3.06. The Hall–Kier alpha value is -3.46. The summed E-state index contributed by atoms with van der Waals surface area (Å²) in [5, 5.41) is 14.0. The van der Waals surface area contributed by atoms with Crippen molar-refractivity contribution in [2.24, 2.45) is 5.16 Å². The van der Waals surface area contributed by atoms with E-state index in [1.807, 2.05) is 0 Å². The first-order chi connectivity index (χ1) is 12.2. The van der Waals surface area contributed by atoms with Crippen molar-refractivity contribution >= 4 is 35.2 Å². The third-order valence-corrected chi connectivity index (χ3v) is 3.14. The molecule has 3 rings (SSSR count). The number of amides is 1. The van der Waals surface area contributed by atoms with Crippen molar-refractivity contribution in [2.45, 2.75) is 0 Å². The van der Waals surface area contributed by atoms with E-state index in [2.05, 4.69) is 35.9 Å². The van der Waals surface area contributed by atoms with Gasteiger partial charge in [0, 0.05) is 23.0 Å². The number of rotatable bonds is 6. The summed E-state index contributed by atoms with van der Waals surface area (Å²) in [6.07, 6.45) is 4.25. The highest BCUT2D eigenvalue weighted by Gasteiger charge is 2.13. The third-order valence-electron chi connectivity index (χ3n) is 2.90. The zero-order chi connectivity index (χ0) is 17.5. The Kier molecular flexibility index (Phi) is 5.17. The van der Waals surface area contributed by atoms with Crippen LogP contribution in [-0.2, 0) is 4.94 Å². The van der Waals surface area contributed by atoms with Crippen LogP contribution < -0.4 is 10.8 Å². The predicted molar refractivity (Wildman–Crippen MR) is 90.2 cm³/mol. The lowest BCUT2D eigenvalue weighted by atomic mass is 10.2. The molecule has 3 aromatic rings. The van der Waals surface area contributed by atoms with Crippen LogP contribution in [0.5, 0.6) is 0 Å². The van der Waals surface area contributed by atoms with Gasteiger partial charge < -0.3 is 5.32 Å². The number of hydrogen-bond donors (Lipinski definition) is 2. The minimum atomic E-state index is -0.384. The highest BCUT2D eigenvalue weighted by atomic mass is 35.5. The van der Waals surface area contributed by atoms with E-state index >= 15 is 0 Å². The van der Waals surface area contributed by atoms with Gasteiger partial charge in [0.15, 0.2) is 5.69 Å². The van der Waals surface area contributed by atoms with Crippen molar-refractivity contribution in [2.75, 3.05) is 10.8 Å². The number of halogens is 1. The largest absolute Gasteiger partial charge is 0.302 e. The molecule has 2 heterocycles. The second kappa shape index (κ2) is 7.88. The molecule has 0 atom stereocenters. The molecule has 2 aromatic heterocycles. The summed E-state index contributed by atoms with van der Waals surface area (Å²) < 4.78 is 4.60. The summed E-state index contributed by atoms with van der Waals surface area (Å²) in [6.45, 7) is 0. The van der Waals surface area contributed by atoms with Crippen LogP contribution >= 0.6 is 11.6 Å². The Balaban J connectivity index is 1.59.